The summed E-state index contributed by atoms with van der Waals surface area (Å²) in [6, 6.07) is 16.1. The minimum Gasteiger partial charge on any atom is -0.237 e. The maximum Gasteiger partial charge on any atom is 0.235 e. The standard InChI is InChI=1S/C19H13FN6S/c1-12-16(11-21-25(12)15-5-3-2-4-6-15)18-24-26-17(22-23-19(26)27-18)13-7-9-14(20)10-8-13/h2-11H,1H3. The molecule has 0 saturated carbocycles. The zero-order valence-electron chi connectivity index (χ0n) is 14.2. The van der Waals surface area contributed by atoms with Gasteiger partial charge in [0.2, 0.25) is 4.96 Å². The number of benzene rings is 2. The molecule has 27 heavy (non-hydrogen) atoms. The van der Waals surface area contributed by atoms with E-state index in [1.807, 2.05) is 48.1 Å². The number of fused-ring (bicyclic) bond motifs is 1. The van der Waals surface area contributed by atoms with Gasteiger partial charge in [-0.3, -0.25) is 0 Å². The predicted molar refractivity (Wildman–Crippen MR) is 101 cm³/mol. The van der Waals surface area contributed by atoms with Crippen molar-refractivity contribution in [1.29, 1.82) is 0 Å². The van der Waals surface area contributed by atoms with Crippen LogP contribution in [0.25, 0.3) is 32.6 Å². The van der Waals surface area contributed by atoms with Crippen molar-refractivity contribution in [3.8, 4) is 27.6 Å². The highest BCUT2D eigenvalue weighted by molar-refractivity contribution is 7.19. The van der Waals surface area contributed by atoms with Crippen LogP contribution in [0.3, 0.4) is 0 Å². The van der Waals surface area contributed by atoms with E-state index in [0.717, 1.165) is 27.5 Å². The summed E-state index contributed by atoms with van der Waals surface area (Å²) in [6.45, 7) is 2.01. The monoisotopic (exact) mass is 376 g/mol. The van der Waals surface area contributed by atoms with Crippen LogP contribution >= 0.6 is 11.3 Å². The normalized spacial score (nSPS) is 11.3. The molecule has 0 saturated heterocycles. The third kappa shape index (κ3) is 2.61. The second-order valence-corrected chi connectivity index (χ2v) is 6.98. The molecule has 3 heterocycles. The average molecular weight is 376 g/mol. The van der Waals surface area contributed by atoms with Gasteiger partial charge in [-0.1, -0.05) is 29.5 Å². The fourth-order valence-corrected chi connectivity index (χ4v) is 3.86. The van der Waals surface area contributed by atoms with Crippen LogP contribution in [0, 0.1) is 12.7 Å². The number of rotatable bonds is 3. The summed E-state index contributed by atoms with van der Waals surface area (Å²) < 4.78 is 16.8. The molecule has 2 aromatic carbocycles. The van der Waals surface area contributed by atoms with E-state index in [1.54, 1.807) is 16.6 Å². The van der Waals surface area contributed by atoms with Crippen LogP contribution in [0.15, 0.2) is 60.8 Å². The number of nitrogens with zero attached hydrogens (tertiary/aromatic N) is 6. The van der Waals surface area contributed by atoms with E-state index in [0.29, 0.717) is 10.8 Å². The summed E-state index contributed by atoms with van der Waals surface area (Å²) in [7, 11) is 0. The van der Waals surface area contributed by atoms with Crippen LogP contribution in [0.1, 0.15) is 5.69 Å². The second-order valence-electron chi connectivity index (χ2n) is 6.02. The van der Waals surface area contributed by atoms with Gasteiger partial charge in [-0.15, -0.1) is 10.2 Å². The zero-order chi connectivity index (χ0) is 18.4. The molecule has 0 aliphatic carbocycles. The highest BCUT2D eigenvalue weighted by atomic mass is 32.1. The molecular weight excluding hydrogens is 363 g/mol. The summed E-state index contributed by atoms with van der Waals surface area (Å²) in [6.07, 6.45) is 1.81. The molecule has 0 bridgehead atoms. The largest absolute Gasteiger partial charge is 0.237 e. The minimum absolute atomic E-state index is 0.289. The lowest BCUT2D eigenvalue weighted by Gasteiger charge is -2.03. The van der Waals surface area contributed by atoms with Crippen molar-refractivity contribution >= 4 is 16.3 Å². The summed E-state index contributed by atoms with van der Waals surface area (Å²) >= 11 is 1.44. The molecule has 132 valence electrons. The van der Waals surface area contributed by atoms with Crippen molar-refractivity contribution in [2.45, 2.75) is 6.92 Å². The molecule has 0 spiro atoms. The second kappa shape index (κ2) is 6.10. The van der Waals surface area contributed by atoms with Gasteiger partial charge in [0, 0.05) is 5.56 Å². The lowest BCUT2D eigenvalue weighted by molar-refractivity contribution is 0.628. The highest BCUT2D eigenvalue weighted by Gasteiger charge is 2.18. The number of aromatic nitrogens is 6. The Kier molecular flexibility index (Phi) is 3.58. The van der Waals surface area contributed by atoms with Gasteiger partial charge >= 0.3 is 0 Å². The molecule has 5 aromatic rings. The maximum absolute atomic E-state index is 13.2. The van der Waals surface area contributed by atoms with Gasteiger partial charge in [0.15, 0.2) is 10.8 Å². The Bertz CT molecular complexity index is 1240. The SMILES string of the molecule is Cc1c(-c2nn3c(-c4ccc(F)cc4)nnc3s2)cnn1-c1ccccc1. The zero-order valence-corrected chi connectivity index (χ0v) is 15.1. The van der Waals surface area contributed by atoms with Crippen LogP contribution in [0.4, 0.5) is 4.39 Å². The maximum atomic E-state index is 13.2. The molecule has 0 aliphatic heterocycles. The van der Waals surface area contributed by atoms with Gasteiger partial charge in [-0.25, -0.2) is 9.07 Å². The Morgan fingerprint density at radius 2 is 1.74 bits per heavy atom. The minimum atomic E-state index is -0.289. The number of hydrogen-bond acceptors (Lipinski definition) is 5. The van der Waals surface area contributed by atoms with E-state index in [4.69, 9.17) is 0 Å². The van der Waals surface area contributed by atoms with Crippen molar-refractivity contribution < 1.29 is 4.39 Å². The molecule has 0 amide bonds. The lowest BCUT2D eigenvalue weighted by Crippen LogP contribution is -1.98. The van der Waals surface area contributed by atoms with E-state index >= 15 is 0 Å². The van der Waals surface area contributed by atoms with E-state index in [2.05, 4.69) is 20.4 Å². The van der Waals surface area contributed by atoms with E-state index in [9.17, 15) is 4.39 Å². The summed E-state index contributed by atoms with van der Waals surface area (Å²) in [5.74, 6) is 0.294. The summed E-state index contributed by atoms with van der Waals surface area (Å²) in [5, 5.41) is 18.4. The fraction of sp³-hybridized carbons (Fsp3) is 0.0526. The van der Waals surface area contributed by atoms with Gasteiger partial charge in [-0.2, -0.15) is 14.7 Å². The topological polar surface area (TPSA) is 60.9 Å². The Morgan fingerprint density at radius 3 is 2.52 bits per heavy atom. The van der Waals surface area contributed by atoms with Crippen LogP contribution < -0.4 is 0 Å². The quantitative estimate of drug-likeness (QED) is 0.475. The Labute approximate surface area is 157 Å². The number of para-hydroxylation sites is 1. The fourth-order valence-electron chi connectivity index (χ4n) is 2.95. The Morgan fingerprint density at radius 1 is 0.963 bits per heavy atom. The molecule has 0 unspecified atom stereocenters. The van der Waals surface area contributed by atoms with Gasteiger partial charge in [0.1, 0.15) is 5.82 Å². The molecule has 0 radical (unpaired) electrons. The first-order chi connectivity index (χ1) is 13.2. The molecule has 0 fully saturated rings. The third-order valence-corrected chi connectivity index (χ3v) is 5.27. The lowest BCUT2D eigenvalue weighted by atomic mass is 10.2. The molecule has 0 N–H and O–H groups in total. The molecule has 0 atom stereocenters. The van der Waals surface area contributed by atoms with Crippen molar-refractivity contribution in [1.82, 2.24) is 29.6 Å². The number of hydrogen-bond donors (Lipinski definition) is 0. The molecular formula is C19H13FN6S. The average Bonchev–Trinajstić information content (AvgIpc) is 3.37. The first-order valence-electron chi connectivity index (χ1n) is 8.29. The van der Waals surface area contributed by atoms with Crippen LogP contribution in [-0.2, 0) is 0 Å². The predicted octanol–water partition coefficient (Wildman–Crippen LogP) is 4.15. The van der Waals surface area contributed by atoms with E-state index in [-0.39, 0.29) is 5.82 Å². The van der Waals surface area contributed by atoms with Crippen LogP contribution in [0.2, 0.25) is 0 Å². The van der Waals surface area contributed by atoms with Crippen molar-refractivity contribution in [2.24, 2.45) is 0 Å². The Balaban J connectivity index is 1.59. The highest BCUT2D eigenvalue weighted by Crippen LogP contribution is 2.30. The number of halogens is 1. The molecule has 5 rings (SSSR count). The van der Waals surface area contributed by atoms with E-state index < -0.39 is 0 Å². The Hall–Kier alpha value is -3.39. The molecule has 6 nitrogen and oxygen atoms in total. The van der Waals surface area contributed by atoms with Gasteiger partial charge in [0.05, 0.1) is 23.1 Å². The van der Waals surface area contributed by atoms with Crippen molar-refractivity contribution in [2.75, 3.05) is 0 Å². The molecule has 0 aliphatic rings. The molecule has 3 aromatic heterocycles. The van der Waals surface area contributed by atoms with Crippen molar-refractivity contribution in [3.05, 3.63) is 72.3 Å². The third-order valence-electron chi connectivity index (χ3n) is 4.33. The van der Waals surface area contributed by atoms with Crippen LogP contribution in [0.5, 0.6) is 0 Å². The van der Waals surface area contributed by atoms with Gasteiger partial charge in [0.25, 0.3) is 0 Å². The van der Waals surface area contributed by atoms with Crippen molar-refractivity contribution in [3.63, 3.8) is 0 Å². The first-order valence-corrected chi connectivity index (χ1v) is 9.11. The smallest absolute Gasteiger partial charge is 0.235 e. The summed E-state index contributed by atoms with van der Waals surface area (Å²) in [4.78, 5) is 0.677. The summed E-state index contributed by atoms with van der Waals surface area (Å²) in [5.41, 5.74) is 3.70. The first kappa shape index (κ1) is 15.8. The van der Waals surface area contributed by atoms with E-state index in [1.165, 1.54) is 23.5 Å². The molecule has 8 heteroatoms. The van der Waals surface area contributed by atoms with Crippen LogP contribution in [-0.4, -0.2) is 29.6 Å². The van der Waals surface area contributed by atoms with Gasteiger partial charge in [-0.05, 0) is 43.3 Å². The van der Waals surface area contributed by atoms with Gasteiger partial charge < -0.3 is 0 Å².